The first kappa shape index (κ1) is 24.1. The van der Waals surface area contributed by atoms with Crippen molar-refractivity contribution in [3.8, 4) is 11.5 Å². The second-order valence-corrected chi connectivity index (χ2v) is 8.40. The van der Waals surface area contributed by atoms with E-state index in [1.165, 1.54) is 5.56 Å². The van der Waals surface area contributed by atoms with Gasteiger partial charge in [0.15, 0.2) is 11.5 Å². The lowest BCUT2D eigenvalue weighted by atomic mass is 10.0. The van der Waals surface area contributed by atoms with Gasteiger partial charge in [0.25, 0.3) is 0 Å². The fourth-order valence-corrected chi connectivity index (χ4v) is 4.09. The van der Waals surface area contributed by atoms with E-state index in [-0.39, 0.29) is 24.2 Å². The normalized spacial score (nSPS) is 24.1. The first-order valence-corrected chi connectivity index (χ1v) is 10.4. The van der Waals surface area contributed by atoms with Gasteiger partial charge in [-0.2, -0.15) is 13.2 Å². The minimum atomic E-state index is -5.08. The number of carbonyl (C=O) groups is 2. The maximum absolute atomic E-state index is 11.9. The van der Waals surface area contributed by atoms with Gasteiger partial charge in [-0.05, 0) is 38.0 Å². The van der Waals surface area contributed by atoms with Crippen LogP contribution >= 0.6 is 0 Å². The molecule has 0 aromatic heterocycles. The highest BCUT2D eigenvalue weighted by atomic mass is 19.4. The smallest absolute Gasteiger partial charge is 0.475 e. The SMILES string of the molecule is CC(C)NC(=O)C[C@H]1C[C@H]2CN(Cc3ccc4c(c3)OCO4)C[C@H]2O1.O=C(O)C(F)(F)F. The van der Waals surface area contributed by atoms with E-state index < -0.39 is 12.1 Å². The summed E-state index contributed by atoms with van der Waals surface area (Å²) in [5, 5.41) is 10.1. The molecule has 0 aliphatic carbocycles. The lowest BCUT2D eigenvalue weighted by Crippen LogP contribution is -2.33. The Balaban J connectivity index is 0.000000360. The number of carboxylic acid groups (broad SMARTS) is 1. The molecule has 3 aliphatic rings. The molecule has 3 atom stereocenters. The lowest BCUT2D eigenvalue weighted by molar-refractivity contribution is -0.192. The van der Waals surface area contributed by atoms with Crippen LogP contribution in [0.5, 0.6) is 11.5 Å². The molecule has 2 saturated heterocycles. The number of fused-ring (bicyclic) bond motifs is 2. The Hall–Kier alpha value is -2.53. The minimum Gasteiger partial charge on any atom is -0.475 e. The van der Waals surface area contributed by atoms with Crippen molar-refractivity contribution in [3.63, 3.8) is 0 Å². The summed E-state index contributed by atoms with van der Waals surface area (Å²) < 4.78 is 48.7. The van der Waals surface area contributed by atoms with Crippen LogP contribution < -0.4 is 14.8 Å². The molecule has 4 rings (SSSR count). The van der Waals surface area contributed by atoms with Crippen LogP contribution in [0.15, 0.2) is 18.2 Å². The molecule has 0 radical (unpaired) electrons. The van der Waals surface area contributed by atoms with E-state index in [0.29, 0.717) is 19.1 Å². The molecule has 3 heterocycles. The van der Waals surface area contributed by atoms with E-state index in [4.69, 9.17) is 24.1 Å². The number of nitrogens with one attached hydrogen (secondary N) is 1. The third-order valence-electron chi connectivity index (χ3n) is 5.34. The van der Waals surface area contributed by atoms with Crippen molar-refractivity contribution in [2.24, 2.45) is 5.92 Å². The average molecular weight is 460 g/mol. The second kappa shape index (κ2) is 9.95. The van der Waals surface area contributed by atoms with Crippen molar-refractivity contribution in [1.29, 1.82) is 0 Å². The lowest BCUT2D eigenvalue weighted by Gasteiger charge is -2.19. The summed E-state index contributed by atoms with van der Waals surface area (Å²) in [6.45, 7) is 7.13. The Kier molecular flexibility index (Phi) is 7.50. The highest BCUT2D eigenvalue weighted by Crippen LogP contribution is 2.36. The quantitative estimate of drug-likeness (QED) is 0.697. The minimum absolute atomic E-state index is 0.0708. The Morgan fingerprint density at radius 3 is 2.53 bits per heavy atom. The number of benzene rings is 1. The summed E-state index contributed by atoms with van der Waals surface area (Å²) in [6, 6.07) is 6.33. The molecule has 8 nitrogen and oxygen atoms in total. The number of carboxylic acids is 1. The third-order valence-corrected chi connectivity index (χ3v) is 5.34. The molecule has 11 heteroatoms. The van der Waals surface area contributed by atoms with Crippen molar-refractivity contribution in [2.75, 3.05) is 19.9 Å². The van der Waals surface area contributed by atoms with Crippen LogP contribution in [0.1, 0.15) is 32.3 Å². The fraction of sp³-hybridized carbons (Fsp3) is 0.619. The number of aliphatic carboxylic acids is 1. The summed E-state index contributed by atoms with van der Waals surface area (Å²) >= 11 is 0. The molecule has 1 aromatic rings. The highest BCUT2D eigenvalue weighted by molar-refractivity contribution is 5.76. The predicted molar refractivity (Wildman–Crippen MR) is 106 cm³/mol. The summed E-state index contributed by atoms with van der Waals surface area (Å²) in [5.41, 5.74) is 1.23. The van der Waals surface area contributed by atoms with Gasteiger partial charge >= 0.3 is 12.1 Å². The molecule has 3 aliphatic heterocycles. The highest BCUT2D eigenvalue weighted by Gasteiger charge is 2.42. The molecular weight excluding hydrogens is 433 g/mol. The van der Waals surface area contributed by atoms with Gasteiger partial charge in [0.05, 0.1) is 18.6 Å². The van der Waals surface area contributed by atoms with Crippen molar-refractivity contribution in [2.45, 2.75) is 57.7 Å². The standard InChI is InChI=1S/C19H26N2O4.C2HF3O2/c1-12(2)20-19(22)7-15-6-14-9-21(10-18(14)25-15)8-13-3-4-16-17(5-13)24-11-23-16;3-2(4,5)1(6)7/h3-5,12,14-15,18H,6-11H2,1-2H3,(H,20,22);(H,6,7)/t14-,15+,18+;/m0./s1. The maximum Gasteiger partial charge on any atom is 0.490 e. The third kappa shape index (κ3) is 6.49. The number of hydrogen-bond acceptors (Lipinski definition) is 6. The Morgan fingerprint density at radius 2 is 1.91 bits per heavy atom. The van der Waals surface area contributed by atoms with E-state index in [1.54, 1.807) is 0 Å². The van der Waals surface area contributed by atoms with Crippen molar-refractivity contribution in [1.82, 2.24) is 10.2 Å². The molecule has 1 aromatic carbocycles. The molecule has 0 spiro atoms. The summed E-state index contributed by atoms with van der Waals surface area (Å²) in [4.78, 5) is 23.2. The molecule has 0 saturated carbocycles. The largest absolute Gasteiger partial charge is 0.490 e. The Morgan fingerprint density at radius 1 is 1.22 bits per heavy atom. The first-order valence-electron chi connectivity index (χ1n) is 10.4. The number of ether oxygens (including phenoxy) is 3. The number of hydrogen-bond donors (Lipinski definition) is 2. The van der Waals surface area contributed by atoms with Gasteiger partial charge < -0.3 is 24.6 Å². The van der Waals surface area contributed by atoms with E-state index in [1.807, 2.05) is 19.9 Å². The second-order valence-electron chi connectivity index (χ2n) is 8.40. The van der Waals surface area contributed by atoms with Gasteiger partial charge in [0.2, 0.25) is 12.7 Å². The van der Waals surface area contributed by atoms with E-state index >= 15 is 0 Å². The van der Waals surface area contributed by atoms with Crippen LogP contribution in [-0.4, -0.2) is 66.2 Å². The Bertz CT molecular complexity index is 818. The molecule has 0 bridgehead atoms. The van der Waals surface area contributed by atoms with Crippen LogP contribution in [0.3, 0.4) is 0 Å². The molecule has 2 N–H and O–H groups in total. The van der Waals surface area contributed by atoms with Gasteiger partial charge in [-0.1, -0.05) is 6.07 Å². The molecule has 1 amide bonds. The van der Waals surface area contributed by atoms with Crippen molar-refractivity contribution >= 4 is 11.9 Å². The monoisotopic (exact) mass is 460 g/mol. The molecular formula is C21H27F3N2O6. The summed E-state index contributed by atoms with van der Waals surface area (Å²) in [7, 11) is 0. The fourth-order valence-electron chi connectivity index (χ4n) is 4.09. The summed E-state index contributed by atoms with van der Waals surface area (Å²) in [5.74, 6) is -0.465. The van der Waals surface area contributed by atoms with Crippen LogP contribution in [0.25, 0.3) is 0 Å². The number of amides is 1. The van der Waals surface area contributed by atoms with Gasteiger partial charge in [0, 0.05) is 31.6 Å². The molecule has 178 valence electrons. The molecule has 0 unspecified atom stereocenters. The zero-order valence-corrected chi connectivity index (χ0v) is 17.9. The average Bonchev–Trinajstić information content (AvgIpc) is 3.35. The zero-order valence-electron chi connectivity index (χ0n) is 17.9. The first-order chi connectivity index (χ1) is 15.0. The zero-order chi connectivity index (χ0) is 23.5. The number of alkyl halides is 3. The van der Waals surface area contributed by atoms with Crippen LogP contribution in [0.4, 0.5) is 13.2 Å². The van der Waals surface area contributed by atoms with Gasteiger partial charge in [-0.3, -0.25) is 9.69 Å². The number of halogens is 3. The van der Waals surface area contributed by atoms with Crippen molar-refractivity contribution < 1.29 is 42.1 Å². The van der Waals surface area contributed by atoms with Gasteiger partial charge in [-0.25, -0.2) is 4.79 Å². The number of nitrogens with zero attached hydrogens (tertiary/aromatic N) is 1. The Labute approximate surface area is 183 Å². The predicted octanol–water partition coefficient (Wildman–Crippen LogP) is 2.55. The van der Waals surface area contributed by atoms with Crippen molar-refractivity contribution in [3.05, 3.63) is 23.8 Å². The van der Waals surface area contributed by atoms with Crippen LogP contribution in [-0.2, 0) is 20.9 Å². The van der Waals surface area contributed by atoms with E-state index in [2.05, 4.69) is 22.3 Å². The molecule has 2 fully saturated rings. The van der Waals surface area contributed by atoms with Crippen LogP contribution in [0.2, 0.25) is 0 Å². The topological polar surface area (TPSA) is 97.3 Å². The van der Waals surface area contributed by atoms with E-state index in [9.17, 15) is 18.0 Å². The van der Waals surface area contributed by atoms with E-state index in [0.717, 1.165) is 37.6 Å². The number of likely N-dealkylation sites (tertiary alicyclic amines) is 1. The molecule has 32 heavy (non-hydrogen) atoms. The van der Waals surface area contributed by atoms with Gasteiger partial charge in [0.1, 0.15) is 0 Å². The maximum atomic E-state index is 11.9. The van der Waals surface area contributed by atoms with Gasteiger partial charge in [-0.15, -0.1) is 0 Å². The summed E-state index contributed by atoms with van der Waals surface area (Å²) in [6.07, 6.45) is -3.30. The number of carbonyl (C=O) groups excluding carboxylic acids is 1. The van der Waals surface area contributed by atoms with Crippen LogP contribution in [0, 0.1) is 5.92 Å². The number of rotatable bonds is 5.